The number of aliphatic imine (C=N–C) groups is 1. The maximum atomic E-state index is 13.3. The van der Waals surface area contributed by atoms with Crippen LogP contribution in [0.1, 0.15) is 22.3 Å². The molecule has 0 aliphatic carbocycles. The number of amides is 1. The first-order valence-corrected chi connectivity index (χ1v) is 9.70. The van der Waals surface area contributed by atoms with E-state index < -0.39 is 35.6 Å². The summed E-state index contributed by atoms with van der Waals surface area (Å²) in [7, 11) is 1.60. The molecule has 0 bridgehead atoms. The Labute approximate surface area is 182 Å². The minimum Gasteiger partial charge on any atom is -0.487 e. The van der Waals surface area contributed by atoms with Crippen LogP contribution < -0.4 is 15.8 Å². The maximum absolute atomic E-state index is 13.3. The van der Waals surface area contributed by atoms with Gasteiger partial charge in [-0.05, 0) is 47.7 Å². The molecule has 0 radical (unpaired) electrons. The van der Waals surface area contributed by atoms with Gasteiger partial charge in [0.2, 0.25) is 0 Å². The molecule has 0 unspecified atom stereocenters. The summed E-state index contributed by atoms with van der Waals surface area (Å²) in [6.45, 7) is -0.640. The maximum Gasteiger partial charge on any atom is 0.416 e. The van der Waals surface area contributed by atoms with Crippen LogP contribution in [-0.2, 0) is 19.0 Å². The lowest BCUT2D eigenvalue weighted by Gasteiger charge is -2.17. The molecule has 0 aromatic heterocycles. The Kier molecular flexibility index (Phi) is 6.44. The van der Waals surface area contributed by atoms with Crippen LogP contribution in [0.15, 0.2) is 46.3 Å². The van der Waals surface area contributed by atoms with E-state index in [2.05, 4.69) is 10.3 Å². The highest BCUT2D eigenvalue weighted by Crippen LogP contribution is 2.38. The number of hydrogen-bond acceptors (Lipinski definition) is 5. The van der Waals surface area contributed by atoms with Gasteiger partial charge >= 0.3 is 17.6 Å². The van der Waals surface area contributed by atoms with Gasteiger partial charge in [-0.1, -0.05) is 12.1 Å². The summed E-state index contributed by atoms with van der Waals surface area (Å²) in [5.74, 6) is 0.443. The van der Waals surface area contributed by atoms with E-state index >= 15 is 0 Å². The summed E-state index contributed by atoms with van der Waals surface area (Å²) in [5, 5.41) is 2.40. The van der Waals surface area contributed by atoms with E-state index in [1.54, 1.807) is 19.2 Å². The molecule has 1 heterocycles. The zero-order valence-corrected chi connectivity index (χ0v) is 17.1. The number of nitrogens with one attached hydrogen (secondary N) is 1. The third-order valence-electron chi connectivity index (χ3n) is 4.33. The molecule has 12 heteroatoms. The number of likely N-dealkylation sites (N-methyl/N-ethyl adjacent to an activating group) is 1. The van der Waals surface area contributed by atoms with Gasteiger partial charge in [0.15, 0.2) is 0 Å². The van der Waals surface area contributed by atoms with Gasteiger partial charge in [-0.25, -0.2) is 0 Å². The van der Waals surface area contributed by atoms with Crippen molar-refractivity contribution < 1.29 is 35.9 Å². The number of alkyl halides is 6. The highest BCUT2D eigenvalue weighted by Gasteiger charge is 2.38. The Bertz CT molecular complexity index is 1110. The van der Waals surface area contributed by atoms with Crippen molar-refractivity contribution >= 4 is 34.6 Å². The van der Waals surface area contributed by atoms with Gasteiger partial charge < -0.3 is 15.8 Å². The van der Waals surface area contributed by atoms with Crippen molar-refractivity contribution in [3.05, 3.63) is 63.6 Å². The van der Waals surface area contributed by atoms with Gasteiger partial charge in [0.05, 0.1) is 21.7 Å². The Balaban J connectivity index is 1.81. The SMILES string of the molecule is CNC1=NC(=O)SC1=Cc1ccc(OCc2ccc(C(F)(F)F)cc2C(F)(F)F)c(N)c1. The number of amidine groups is 1. The number of thioether (sulfide) groups is 1. The molecule has 0 saturated heterocycles. The topological polar surface area (TPSA) is 76.7 Å². The number of hydrogen-bond donors (Lipinski definition) is 2. The lowest BCUT2D eigenvalue weighted by molar-refractivity contribution is -0.143. The number of nitrogens with two attached hydrogens (primary N) is 1. The van der Waals surface area contributed by atoms with E-state index in [-0.39, 0.29) is 22.7 Å². The molecule has 0 spiro atoms. The standard InChI is InChI=1S/C20H15F6N3O2S/c1-28-17-16(32-18(30)29-17)7-10-2-5-15(14(27)6-10)31-9-11-3-4-12(19(21,22)23)8-13(11)20(24,25)26/h2-8H,9,27H2,1H3,(H,28,29,30). The third-order valence-corrected chi connectivity index (χ3v) is 5.12. The summed E-state index contributed by atoms with van der Waals surface area (Å²) in [4.78, 5) is 15.8. The molecule has 170 valence electrons. The second-order valence-electron chi connectivity index (χ2n) is 6.54. The van der Waals surface area contributed by atoms with Crippen molar-refractivity contribution in [3.8, 4) is 5.75 Å². The van der Waals surface area contributed by atoms with E-state index in [4.69, 9.17) is 10.5 Å². The van der Waals surface area contributed by atoms with E-state index in [9.17, 15) is 31.1 Å². The van der Waals surface area contributed by atoms with Gasteiger partial charge in [-0.3, -0.25) is 4.79 Å². The van der Waals surface area contributed by atoms with Crippen LogP contribution in [0.5, 0.6) is 5.75 Å². The molecule has 2 aromatic rings. The number of carbonyl (C=O) groups is 1. The van der Waals surface area contributed by atoms with Crippen molar-refractivity contribution in [2.24, 2.45) is 4.99 Å². The first-order chi connectivity index (χ1) is 14.9. The van der Waals surface area contributed by atoms with Gasteiger partial charge in [0.25, 0.3) is 0 Å². The number of rotatable bonds is 4. The summed E-state index contributed by atoms with van der Waals surface area (Å²) in [6.07, 6.45) is -8.26. The molecular weight excluding hydrogens is 460 g/mol. The van der Waals surface area contributed by atoms with E-state index in [1.807, 2.05) is 0 Å². The fourth-order valence-corrected chi connectivity index (χ4v) is 3.59. The number of halogens is 6. The van der Waals surface area contributed by atoms with Gasteiger partial charge in [-0.2, -0.15) is 31.3 Å². The smallest absolute Gasteiger partial charge is 0.416 e. The number of benzene rings is 2. The first-order valence-electron chi connectivity index (χ1n) is 8.88. The summed E-state index contributed by atoms with van der Waals surface area (Å²) >= 11 is 0.915. The van der Waals surface area contributed by atoms with Crippen molar-refractivity contribution in [2.75, 3.05) is 12.8 Å². The Morgan fingerprint density at radius 3 is 2.41 bits per heavy atom. The molecule has 5 nitrogen and oxygen atoms in total. The van der Waals surface area contributed by atoms with Gasteiger partial charge in [0, 0.05) is 12.6 Å². The van der Waals surface area contributed by atoms with Crippen LogP contribution in [0.2, 0.25) is 0 Å². The predicted octanol–water partition coefficient (Wildman–Crippen LogP) is 5.71. The molecule has 32 heavy (non-hydrogen) atoms. The lowest BCUT2D eigenvalue weighted by Crippen LogP contribution is -2.16. The van der Waals surface area contributed by atoms with Crippen LogP contribution in [0.3, 0.4) is 0 Å². The molecule has 3 rings (SSSR count). The van der Waals surface area contributed by atoms with Gasteiger partial charge in [-0.15, -0.1) is 0 Å². The van der Waals surface area contributed by atoms with E-state index in [0.29, 0.717) is 22.4 Å². The average molecular weight is 475 g/mol. The Morgan fingerprint density at radius 1 is 1.09 bits per heavy atom. The number of ether oxygens (including phenoxy) is 1. The van der Waals surface area contributed by atoms with Crippen LogP contribution in [0, 0.1) is 0 Å². The molecular formula is C20H15F6N3O2S. The van der Waals surface area contributed by atoms with Crippen LogP contribution in [0.4, 0.5) is 36.8 Å². The van der Waals surface area contributed by atoms with Crippen molar-refractivity contribution in [1.82, 2.24) is 5.32 Å². The number of anilines is 1. The monoisotopic (exact) mass is 475 g/mol. The van der Waals surface area contributed by atoms with Gasteiger partial charge in [0.1, 0.15) is 18.2 Å². The minimum absolute atomic E-state index is 0.0535. The lowest BCUT2D eigenvalue weighted by atomic mass is 10.0. The summed E-state index contributed by atoms with van der Waals surface area (Å²) in [5.41, 5.74) is 3.29. The minimum atomic E-state index is -5.00. The number of nitrogens with zero attached hydrogens (tertiary/aromatic N) is 1. The molecule has 2 aromatic carbocycles. The van der Waals surface area contributed by atoms with Crippen molar-refractivity contribution in [1.29, 1.82) is 0 Å². The first kappa shape index (κ1) is 23.5. The fourth-order valence-electron chi connectivity index (χ4n) is 2.83. The molecule has 0 fully saturated rings. The molecule has 1 amide bonds. The predicted molar refractivity (Wildman–Crippen MR) is 109 cm³/mol. The molecule has 1 aliphatic heterocycles. The fraction of sp³-hybridized carbons (Fsp3) is 0.200. The van der Waals surface area contributed by atoms with Crippen LogP contribution in [-0.4, -0.2) is 18.1 Å². The van der Waals surface area contributed by atoms with Crippen LogP contribution >= 0.6 is 11.8 Å². The van der Waals surface area contributed by atoms with Crippen molar-refractivity contribution in [3.63, 3.8) is 0 Å². The summed E-state index contributed by atoms with van der Waals surface area (Å²) < 4.78 is 83.5. The highest BCUT2D eigenvalue weighted by atomic mass is 32.2. The van der Waals surface area contributed by atoms with Crippen molar-refractivity contribution in [2.45, 2.75) is 19.0 Å². The van der Waals surface area contributed by atoms with Crippen LogP contribution in [0.25, 0.3) is 6.08 Å². The zero-order chi connectivity index (χ0) is 23.7. The average Bonchev–Trinajstić information content (AvgIpc) is 3.05. The van der Waals surface area contributed by atoms with E-state index in [1.165, 1.54) is 12.1 Å². The third kappa shape index (κ3) is 5.36. The number of nitrogen functional groups attached to an aromatic ring is 1. The quantitative estimate of drug-likeness (QED) is 0.438. The Hall–Kier alpha value is -3.15. The molecule has 3 N–H and O–H groups in total. The zero-order valence-electron chi connectivity index (χ0n) is 16.3. The molecule has 0 saturated carbocycles. The second kappa shape index (κ2) is 8.77. The molecule has 0 atom stereocenters. The largest absolute Gasteiger partial charge is 0.487 e. The summed E-state index contributed by atoms with van der Waals surface area (Å²) in [6, 6.07) is 5.81. The molecule has 1 aliphatic rings. The highest BCUT2D eigenvalue weighted by molar-refractivity contribution is 8.18. The normalized spacial score (nSPS) is 15.8. The van der Waals surface area contributed by atoms with E-state index in [0.717, 1.165) is 17.8 Å². The number of carbonyl (C=O) groups excluding carboxylic acids is 1. The second-order valence-corrected chi connectivity index (χ2v) is 7.53. The Morgan fingerprint density at radius 2 is 1.81 bits per heavy atom.